The molecule has 0 fully saturated rings. The molecule has 5 heteroatoms. The first-order valence-corrected chi connectivity index (χ1v) is 6.08. The van der Waals surface area contributed by atoms with Gasteiger partial charge in [0.25, 0.3) is 0 Å². The molecular weight excluding hydrogens is 265 g/mol. The minimum Gasteiger partial charge on any atom is -0.256 e. The molecule has 0 saturated carbocycles. The Balaban J connectivity index is 2.19. The van der Waals surface area contributed by atoms with Crippen molar-refractivity contribution in [2.45, 2.75) is 6.92 Å². The lowest BCUT2D eigenvalue weighted by Gasteiger charge is -2.05. The number of fused-ring (bicyclic) bond motifs is 1. The summed E-state index contributed by atoms with van der Waals surface area (Å²) < 4.78 is 13.4. The second kappa shape index (κ2) is 4.55. The summed E-state index contributed by atoms with van der Waals surface area (Å²) in [6, 6.07) is 9.43. The van der Waals surface area contributed by atoms with Crippen molar-refractivity contribution in [3.63, 3.8) is 0 Å². The first kappa shape index (κ1) is 12.0. The van der Waals surface area contributed by atoms with E-state index in [9.17, 15) is 4.39 Å². The number of rotatable bonds is 1. The van der Waals surface area contributed by atoms with E-state index in [4.69, 9.17) is 11.6 Å². The van der Waals surface area contributed by atoms with Gasteiger partial charge in [0.15, 0.2) is 16.8 Å². The van der Waals surface area contributed by atoms with Gasteiger partial charge in [-0.05, 0) is 31.2 Å². The lowest BCUT2D eigenvalue weighted by Crippen LogP contribution is -1.97. The Morgan fingerprint density at radius 3 is 2.79 bits per heavy atom. The zero-order chi connectivity index (χ0) is 13.4. The molecule has 0 N–H and O–H groups in total. The average Bonchev–Trinajstić information content (AvgIpc) is 2.43. The summed E-state index contributed by atoms with van der Waals surface area (Å²) in [7, 11) is 0. The van der Waals surface area contributed by atoms with Crippen LogP contribution in [0.25, 0.3) is 22.3 Å². The first-order valence-electron chi connectivity index (χ1n) is 5.70. The molecule has 0 amide bonds. The van der Waals surface area contributed by atoms with Crippen LogP contribution in [0, 0.1) is 12.7 Å². The molecule has 2 aromatic heterocycles. The van der Waals surface area contributed by atoms with E-state index in [2.05, 4.69) is 15.0 Å². The highest BCUT2D eigenvalue weighted by Gasteiger charge is 2.11. The van der Waals surface area contributed by atoms with Gasteiger partial charge < -0.3 is 0 Å². The van der Waals surface area contributed by atoms with Gasteiger partial charge in [0.1, 0.15) is 0 Å². The highest BCUT2D eigenvalue weighted by atomic mass is 35.5. The number of nitrogens with zero attached hydrogens (tertiary/aromatic N) is 3. The zero-order valence-corrected chi connectivity index (χ0v) is 10.8. The third kappa shape index (κ3) is 2.15. The van der Waals surface area contributed by atoms with Crippen molar-refractivity contribution in [2.75, 3.05) is 0 Å². The van der Waals surface area contributed by atoms with Gasteiger partial charge in [-0.2, -0.15) is 0 Å². The normalized spacial score (nSPS) is 10.9. The van der Waals surface area contributed by atoms with Crippen LogP contribution in [0.4, 0.5) is 4.39 Å². The third-order valence-corrected chi connectivity index (χ3v) is 3.09. The van der Waals surface area contributed by atoms with Crippen LogP contribution in [0.2, 0.25) is 5.15 Å². The molecule has 0 unspecified atom stereocenters. The van der Waals surface area contributed by atoms with Crippen LogP contribution >= 0.6 is 11.6 Å². The summed E-state index contributed by atoms with van der Waals surface area (Å²) in [6.45, 7) is 1.56. The number of aryl methyl sites for hydroxylation is 1. The summed E-state index contributed by atoms with van der Waals surface area (Å²) in [5.74, 6) is -0.164. The molecule has 94 valence electrons. The van der Waals surface area contributed by atoms with Crippen molar-refractivity contribution >= 4 is 22.5 Å². The molecule has 1 aromatic carbocycles. The molecule has 3 aromatic rings. The Morgan fingerprint density at radius 1 is 1.16 bits per heavy atom. The Bertz CT molecular complexity index is 750. The Labute approximate surface area is 114 Å². The highest BCUT2D eigenvalue weighted by molar-refractivity contribution is 6.29. The molecule has 0 aliphatic rings. The van der Waals surface area contributed by atoms with E-state index in [1.54, 1.807) is 13.1 Å². The molecular formula is C14H9ClFN3. The van der Waals surface area contributed by atoms with Crippen LogP contribution < -0.4 is 0 Å². The maximum absolute atomic E-state index is 13.4. The van der Waals surface area contributed by atoms with Crippen molar-refractivity contribution in [1.29, 1.82) is 0 Å². The number of halogens is 2. The first-order chi connectivity index (χ1) is 9.15. The van der Waals surface area contributed by atoms with E-state index in [-0.39, 0.29) is 10.8 Å². The van der Waals surface area contributed by atoms with Gasteiger partial charge in [0.2, 0.25) is 0 Å². The summed E-state index contributed by atoms with van der Waals surface area (Å²) in [6.07, 6.45) is 1.73. The number of aromatic nitrogens is 3. The van der Waals surface area contributed by atoms with Crippen molar-refractivity contribution in [3.8, 4) is 11.4 Å². The van der Waals surface area contributed by atoms with Gasteiger partial charge in [-0.1, -0.05) is 17.7 Å². The fourth-order valence-electron chi connectivity index (χ4n) is 1.87. The SMILES string of the molecule is Cc1nc(-c2ccc3ncccc3c2)nc(Cl)c1F. The molecule has 3 rings (SSSR count). The van der Waals surface area contributed by atoms with Crippen LogP contribution in [-0.2, 0) is 0 Å². The molecule has 0 aliphatic carbocycles. The molecule has 0 saturated heterocycles. The number of benzene rings is 1. The molecule has 0 aliphatic heterocycles. The monoisotopic (exact) mass is 273 g/mol. The third-order valence-electron chi connectivity index (χ3n) is 2.84. The van der Waals surface area contributed by atoms with Gasteiger partial charge in [0.05, 0.1) is 11.2 Å². The van der Waals surface area contributed by atoms with E-state index in [0.29, 0.717) is 5.82 Å². The van der Waals surface area contributed by atoms with E-state index in [0.717, 1.165) is 16.5 Å². The predicted molar refractivity (Wildman–Crippen MR) is 72.5 cm³/mol. The second-order valence-corrected chi connectivity index (χ2v) is 4.51. The standard InChI is InChI=1S/C14H9ClFN3/c1-8-12(16)13(15)19-14(18-8)10-4-5-11-9(7-10)3-2-6-17-11/h2-7H,1H3. The van der Waals surface area contributed by atoms with Crippen LogP contribution in [0.1, 0.15) is 5.69 Å². The second-order valence-electron chi connectivity index (χ2n) is 4.15. The van der Waals surface area contributed by atoms with E-state index in [1.165, 1.54) is 0 Å². The largest absolute Gasteiger partial charge is 0.256 e. The average molecular weight is 274 g/mol. The van der Waals surface area contributed by atoms with Crippen molar-refractivity contribution in [3.05, 3.63) is 53.2 Å². The number of pyridine rings is 1. The van der Waals surface area contributed by atoms with Gasteiger partial charge in [-0.25, -0.2) is 14.4 Å². The van der Waals surface area contributed by atoms with Crippen LogP contribution in [0.5, 0.6) is 0 Å². The predicted octanol–water partition coefficient (Wildman–Crippen LogP) is 3.79. The Morgan fingerprint density at radius 2 is 2.00 bits per heavy atom. The fraction of sp³-hybridized carbons (Fsp3) is 0.0714. The zero-order valence-electron chi connectivity index (χ0n) is 10.1. The van der Waals surface area contributed by atoms with Crippen LogP contribution in [-0.4, -0.2) is 15.0 Å². The maximum atomic E-state index is 13.4. The lowest BCUT2D eigenvalue weighted by atomic mass is 10.1. The smallest absolute Gasteiger partial charge is 0.181 e. The van der Waals surface area contributed by atoms with Crippen molar-refractivity contribution < 1.29 is 4.39 Å². The summed E-state index contributed by atoms with van der Waals surface area (Å²) >= 11 is 5.75. The topological polar surface area (TPSA) is 38.7 Å². The highest BCUT2D eigenvalue weighted by Crippen LogP contribution is 2.23. The maximum Gasteiger partial charge on any atom is 0.181 e. The lowest BCUT2D eigenvalue weighted by molar-refractivity contribution is 0.603. The molecule has 0 spiro atoms. The minimum atomic E-state index is -0.576. The van der Waals surface area contributed by atoms with Gasteiger partial charge in [0, 0.05) is 17.1 Å². The summed E-state index contributed by atoms with van der Waals surface area (Å²) in [5, 5.41) is 0.815. The summed E-state index contributed by atoms with van der Waals surface area (Å²) in [4.78, 5) is 12.3. The van der Waals surface area contributed by atoms with E-state index >= 15 is 0 Å². The minimum absolute atomic E-state index is 0.159. The van der Waals surface area contributed by atoms with Gasteiger partial charge >= 0.3 is 0 Å². The molecule has 0 radical (unpaired) electrons. The number of hydrogen-bond acceptors (Lipinski definition) is 3. The Hall–Kier alpha value is -2.07. The van der Waals surface area contributed by atoms with Crippen LogP contribution in [0.15, 0.2) is 36.5 Å². The quantitative estimate of drug-likeness (QED) is 0.633. The summed E-state index contributed by atoms with van der Waals surface area (Å²) in [5.41, 5.74) is 1.91. The molecule has 2 heterocycles. The van der Waals surface area contributed by atoms with Gasteiger partial charge in [-0.15, -0.1) is 0 Å². The van der Waals surface area contributed by atoms with Crippen molar-refractivity contribution in [2.24, 2.45) is 0 Å². The molecule has 3 nitrogen and oxygen atoms in total. The molecule has 0 bridgehead atoms. The molecule has 19 heavy (non-hydrogen) atoms. The van der Waals surface area contributed by atoms with Crippen molar-refractivity contribution in [1.82, 2.24) is 15.0 Å². The van der Waals surface area contributed by atoms with E-state index < -0.39 is 5.82 Å². The van der Waals surface area contributed by atoms with E-state index in [1.807, 2.05) is 30.3 Å². The Kier molecular flexibility index (Phi) is 2.87. The number of hydrogen-bond donors (Lipinski definition) is 0. The van der Waals surface area contributed by atoms with Crippen LogP contribution in [0.3, 0.4) is 0 Å². The fourth-order valence-corrected chi connectivity index (χ4v) is 2.08. The van der Waals surface area contributed by atoms with Gasteiger partial charge in [-0.3, -0.25) is 4.98 Å². The molecule has 0 atom stereocenters.